The minimum Gasteiger partial charge on any atom is -0.493 e. The molecule has 0 radical (unpaired) electrons. The van der Waals surface area contributed by atoms with Crippen molar-refractivity contribution >= 4 is 17.5 Å². The summed E-state index contributed by atoms with van der Waals surface area (Å²) in [6.07, 6.45) is 1.50. The fourth-order valence-corrected chi connectivity index (χ4v) is 5.31. The first-order valence-corrected chi connectivity index (χ1v) is 12.0. The molecular weight excluding hydrogens is 448 g/mol. The van der Waals surface area contributed by atoms with Gasteiger partial charge in [0.2, 0.25) is 5.91 Å². The van der Waals surface area contributed by atoms with Crippen LogP contribution in [0.3, 0.4) is 0 Å². The molecule has 0 spiro atoms. The Kier molecular flexibility index (Phi) is 6.48. The highest BCUT2D eigenvalue weighted by molar-refractivity contribution is 6.31. The molecule has 3 aromatic rings. The molecule has 0 aliphatic carbocycles. The van der Waals surface area contributed by atoms with E-state index < -0.39 is 0 Å². The molecule has 1 amide bonds. The van der Waals surface area contributed by atoms with Crippen LogP contribution >= 0.6 is 11.6 Å². The molecule has 0 saturated carbocycles. The summed E-state index contributed by atoms with van der Waals surface area (Å²) in [5, 5.41) is 0.737. The molecule has 5 nitrogen and oxygen atoms in total. The number of benzene rings is 3. The van der Waals surface area contributed by atoms with Crippen LogP contribution in [0.4, 0.5) is 0 Å². The number of fused-ring (bicyclic) bond motifs is 2. The van der Waals surface area contributed by atoms with Crippen LogP contribution < -0.4 is 9.47 Å². The Morgan fingerprint density at radius 3 is 2.32 bits per heavy atom. The highest BCUT2D eigenvalue weighted by Gasteiger charge is 2.35. The molecule has 6 heteroatoms. The van der Waals surface area contributed by atoms with Gasteiger partial charge in [-0.2, -0.15) is 0 Å². The van der Waals surface area contributed by atoms with Gasteiger partial charge in [-0.3, -0.25) is 9.69 Å². The summed E-state index contributed by atoms with van der Waals surface area (Å²) < 4.78 is 11.0. The summed E-state index contributed by atoms with van der Waals surface area (Å²) in [5.74, 6) is 1.60. The zero-order chi connectivity index (χ0) is 23.7. The van der Waals surface area contributed by atoms with E-state index in [2.05, 4.69) is 29.2 Å². The largest absolute Gasteiger partial charge is 0.493 e. The SMILES string of the molecule is COc1cc2c(cc1OC)CN(C(=O)C1Cc3ccccc3CN1Cc1ccccc1Cl)CC2. The van der Waals surface area contributed by atoms with Gasteiger partial charge in [-0.1, -0.05) is 54.1 Å². The van der Waals surface area contributed by atoms with E-state index in [1.807, 2.05) is 41.3 Å². The lowest BCUT2D eigenvalue weighted by Crippen LogP contribution is -2.52. The van der Waals surface area contributed by atoms with E-state index in [0.29, 0.717) is 31.8 Å². The zero-order valence-electron chi connectivity index (χ0n) is 19.6. The number of halogens is 1. The Bertz CT molecular complexity index is 1210. The van der Waals surface area contributed by atoms with Crippen LogP contribution in [0.5, 0.6) is 11.5 Å². The van der Waals surface area contributed by atoms with Crippen molar-refractivity contribution in [1.82, 2.24) is 9.80 Å². The van der Waals surface area contributed by atoms with Crippen molar-refractivity contribution in [2.75, 3.05) is 20.8 Å². The van der Waals surface area contributed by atoms with Gasteiger partial charge in [-0.15, -0.1) is 0 Å². The van der Waals surface area contributed by atoms with E-state index in [0.717, 1.165) is 34.9 Å². The second-order valence-electron chi connectivity index (χ2n) is 8.97. The molecule has 1 atom stereocenters. The minimum atomic E-state index is -0.229. The van der Waals surface area contributed by atoms with Crippen molar-refractivity contribution in [2.24, 2.45) is 0 Å². The van der Waals surface area contributed by atoms with Gasteiger partial charge in [0.15, 0.2) is 11.5 Å². The molecule has 3 aromatic carbocycles. The van der Waals surface area contributed by atoms with Gasteiger partial charge in [0.25, 0.3) is 0 Å². The molecule has 0 N–H and O–H groups in total. The summed E-state index contributed by atoms with van der Waals surface area (Å²) in [6, 6.07) is 20.1. The van der Waals surface area contributed by atoms with E-state index in [1.165, 1.54) is 16.7 Å². The van der Waals surface area contributed by atoms with Crippen LogP contribution in [0.1, 0.15) is 27.8 Å². The number of rotatable bonds is 5. The predicted octanol–water partition coefficient (Wildman–Crippen LogP) is 4.87. The van der Waals surface area contributed by atoms with Gasteiger partial charge in [-0.25, -0.2) is 0 Å². The molecule has 0 fully saturated rings. The fraction of sp³-hybridized carbons (Fsp3) is 0.321. The Morgan fingerprint density at radius 1 is 0.912 bits per heavy atom. The Balaban J connectivity index is 1.42. The highest BCUT2D eigenvalue weighted by Crippen LogP contribution is 2.34. The standard InChI is InChI=1S/C28H29ClN2O3/c1-33-26-14-20-11-12-30(18-23(20)15-27(26)34-2)28(32)25-13-19-7-3-4-8-21(19)16-31(25)17-22-9-5-6-10-24(22)29/h3-10,14-15,25H,11-13,16-18H2,1-2H3. The maximum Gasteiger partial charge on any atom is 0.240 e. The molecule has 34 heavy (non-hydrogen) atoms. The van der Waals surface area contributed by atoms with E-state index in [-0.39, 0.29) is 11.9 Å². The smallest absolute Gasteiger partial charge is 0.240 e. The van der Waals surface area contributed by atoms with Crippen LogP contribution in [0.15, 0.2) is 60.7 Å². The first-order valence-electron chi connectivity index (χ1n) is 11.6. The Hall–Kier alpha value is -3.02. The van der Waals surface area contributed by atoms with Gasteiger partial charge in [0.1, 0.15) is 0 Å². The van der Waals surface area contributed by atoms with Gasteiger partial charge in [0, 0.05) is 31.2 Å². The number of amides is 1. The maximum atomic E-state index is 13.9. The lowest BCUT2D eigenvalue weighted by Gasteiger charge is -2.40. The lowest BCUT2D eigenvalue weighted by molar-refractivity contribution is -0.139. The molecule has 2 aliphatic rings. The summed E-state index contributed by atoms with van der Waals surface area (Å²) in [5.41, 5.74) is 5.90. The van der Waals surface area contributed by atoms with Crippen LogP contribution in [0, 0.1) is 0 Å². The summed E-state index contributed by atoms with van der Waals surface area (Å²) in [4.78, 5) is 18.2. The van der Waals surface area contributed by atoms with E-state index in [1.54, 1.807) is 14.2 Å². The summed E-state index contributed by atoms with van der Waals surface area (Å²) >= 11 is 6.49. The minimum absolute atomic E-state index is 0.169. The number of nitrogens with zero attached hydrogens (tertiary/aromatic N) is 2. The topological polar surface area (TPSA) is 42.0 Å². The van der Waals surface area contributed by atoms with Gasteiger partial charge in [0.05, 0.1) is 20.3 Å². The molecule has 2 aliphatic heterocycles. The van der Waals surface area contributed by atoms with E-state index in [4.69, 9.17) is 21.1 Å². The average molecular weight is 477 g/mol. The van der Waals surface area contributed by atoms with Gasteiger partial charge in [-0.05, 0) is 58.9 Å². The van der Waals surface area contributed by atoms with Crippen LogP contribution in [0.25, 0.3) is 0 Å². The Morgan fingerprint density at radius 2 is 1.59 bits per heavy atom. The lowest BCUT2D eigenvalue weighted by atomic mass is 9.91. The number of carbonyl (C=O) groups is 1. The predicted molar refractivity (Wildman–Crippen MR) is 133 cm³/mol. The number of hydrogen-bond acceptors (Lipinski definition) is 4. The molecule has 176 valence electrons. The number of carbonyl (C=O) groups excluding carboxylic acids is 1. The van der Waals surface area contributed by atoms with Crippen molar-refractivity contribution < 1.29 is 14.3 Å². The fourth-order valence-electron chi connectivity index (χ4n) is 5.11. The molecule has 5 rings (SSSR count). The molecule has 2 heterocycles. The quantitative estimate of drug-likeness (QED) is 0.527. The van der Waals surface area contributed by atoms with Crippen molar-refractivity contribution in [3.8, 4) is 11.5 Å². The zero-order valence-corrected chi connectivity index (χ0v) is 20.3. The van der Waals surface area contributed by atoms with Gasteiger partial charge >= 0.3 is 0 Å². The van der Waals surface area contributed by atoms with E-state index in [9.17, 15) is 4.79 Å². The van der Waals surface area contributed by atoms with Crippen molar-refractivity contribution in [1.29, 1.82) is 0 Å². The number of methoxy groups -OCH3 is 2. The molecule has 1 unspecified atom stereocenters. The molecule has 0 bridgehead atoms. The van der Waals surface area contributed by atoms with Crippen LogP contribution in [-0.4, -0.2) is 42.5 Å². The molecule has 0 aromatic heterocycles. The molecular formula is C28H29ClN2O3. The number of ether oxygens (including phenoxy) is 2. The first kappa shape index (κ1) is 22.8. The monoisotopic (exact) mass is 476 g/mol. The second-order valence-corrected chi connectivity index (χ2v) is 9.38. The third kappa shape index (κ3) is 4.38. The van der Waals surface area contributed by atoms with Crippen LogP contribution in [-0.2, 0) is 37.3 Å². The van der Waals surface area contributed by atoms with Crippen molar-refractivity contribution in [3.05, 3.63) is 93.5 Å². The first-order chi connectivity index (χ1) is 16.6. The third-order valence-electron chi connectivity index (χ3n) is 6.99. The maximum absolute atomic E-state index is 13.9. The van der Waals surface area contributed by atoms with Crippen molar-refractivity contribution in [3.63, 3.8) is 0 Å². The van der Waals surface area contributed by atoms with Crippen LogP contribution in [0.2, 0.25) is 5.02 Å². The number of hydrogen-bond donors (Lipinski definition) is 0. The highest BCUT2D eigenvalue weighted by atomic mass is 35.5. The van der Waals surface area contributed by atoms with Crippen molar-refractivity contribution in [2.45, 2.75) is 38.5 Å². The third-order valence-corrected chi connectivity index (χ3v) is 7.36. The normalized spacial score (nSPS) is 17.6. The summed E-state index contributed by atoms with van der Waals surface area (Å²) in [6.45, 7) is 2.64. The summed E-state index contributed by atoms with van der Waals surface area (Å²) in [7, 11) is 3.29. The van der Waals surface area contributed by atoms with Gasteiger partial charge < -0.3 is 14.4 Å². The second kappa shape index (κ2) is 9.69. The Labute approximate surface area is 205 Å². The van der Waals surface area contributed by atoms with E-state index >= 15 is 0 Å². The molecule has 0 saturated heterocycles. The average Bonchev–Trinajstić information content (AvgIpc) is 2.88.